The summed E-state index contributed by atoms with van der Waals surface area (Å²) in [4.78, 5) is 71.9. The number of benzene rings is 1. The van der Waals surface area contributed by atoms with Crippen LogP contribution in [0.1, 0.15) is 24.0 Å². The molecule has 3 rings (SSSR count). The number of Topliss-reactive ketones (excluding diaryl/α,β-unsaturated/α-hetero) is 2. The number of carbonyl (C=O) groups excluding carboxylic acids is 4. The fourth-order valence-electron chi connectivity index (χ4n) is 3.40. The molecule has 1 aromatic rings. The number of nitrogens with zero attached hydrogens (tertiary/aromatic N) is 2. The summed E-state index contributed by atoms with van der Waals surface area (Å²) in [6.07, 6.45) is 2.61. The molecule has 0 unspecified atom stereocenters. The van der Waals surface area contributed by atoms with Gasteiger partial charge in [-0.3, -0.25) is 28.8 Å². The molecular weight excluding hydrogens is 420 g/mol. The highest BCUT2D eigenvalue weighted by Crippen LogP contribution is 2.20. The Morgan fingerprint density at radius 1 is 0.719 bits per heavy atom. The Morgan fingerprint density at radius 2 is 1.06 bits per heavy atom. The van der Waals surface area contributed by atoms with Crippen molar-refractivity contribution in [3.63, 3.8) is 0 Å². The van der Waals surface area contributed by atoms with Crippen LogP contribution in [-0.4, -0.2) is 81.5 Å². The van der Waals surface area contributed by atoms with Crippen molar-refractivity contribution in [2.24, 2.45) is 0 Å². The van der Waals surface area contributed by atoms with Crippen LogP contribution < -0.4 is 0 Å². The Bertz CT molecular complexity index is 983. The first kappa shape index (κ1) is 22.6. The summed E-state index contributed by atoms with van der Waals surface area (Å²) in [5.41, 5.74) is 1.80. The number of hydrogen-bond donors (Lipinski definition) is 2. The zero-order valence-electron chi connectivity index (χ0n) is 16.9. The van der Waals surface area contributed by atoms with Crippen molar-refractivity contribution in [3.05, 3.63) is 46.5 Å². The molecule has 0 spiro atoms. The number of carboxylic acids is 2. The molecule has 10 nitrogen and oxygen atoms in total. The van der Waals surface area contributed by atoms with E-state index in [0.29, 0.717) is 11.1 Å². The van der Waals surface area contributed by atoms with Crippen LogP contribution in [-0.2, 0) is 28.8 Å². The highest BCUT2D eigenvalue weighted by atomic mass is 16.4. The van der Waals surface area contributed by atoms with Crippen LogP contribution >= 0.6 is 0 Å². The monoisotopic (exact) mass is 440 g/mol. The molecule has 0 atom stereocenters. The van der Waals surface area contributed by atoms with Crippen molar-refractivity contribution in [1.82, 2.24) is 9.80 Å². The Hall–Kier alpha value is -4.08. The van der Waals surface area contributed by atoms with E-state index in [0.717, 1.165) is 0 Å². The quantitative estimate of drug-likeness (QED) is 0.431. The predicted molar refractivity (Wildman–Crippen MR) is 110 cm³/mol. The van der Waals surface area contributed by atoms with Crippen LogP contribution in [0.4, 0.5) is 0 Å². The van der Waals surface area contributed by atoms with Crippen molar-refractivity contribution in [2.45, 2.75) is 12.8 Å². The van der Waals surface area contributed by atoms with Crippen molar-refractivity contribution in [1.29, 1.82) is 0 Å². The molecule has 2 aliphatic heterocycles. The van der Waals surface area contributed by atoms with Crippen molar-refractivity contribution in [3.8, 4) is 0 Å². The predicted octanol–water partition coefficient (Wildman–Crippen LogP) is 0.225. The number of aliphatic carboxylic acids is 2. The van der Waals surface area contributed by atoms with Gasteiger partial charge in [-0.05, 0) is 23.3 Å². The van der Waals surface area contributed by atoms with Crippen LogP contribution in [0.15, 0.2) is 35.4 Å². The van der Waals surface area contributed by atoms with Gasteiger partial charge >= 0.3 is 11.9 Å². The summed E-state index contributed by atoms with van der Waals surface area (Å²) < 4.78 is 0. The molecule has 0 radical (unpaired) electrons. The van der Waals surface area contributed by atoms with Gasteiger partial charge in [0, 0.05) is 24.2 Å². The molecule has 0 saturated carbocycles. The minimum absolute atomic E-state index is 0.0412. The molecule has 2 amide bonds. The summed E-state index contributed by atoms with van der Waals surface area (Å²) in [6.45, 7) is -0.000938. The van der Waals surface area contributed by atoms with Gasteiger partial charge < -0.3 is 20.0 Å². The van der Waals surface area contributed by atoms with E-state index < -0.39 is 35.3 Å². The third-order valence-corrected chi connectivity index (χ3v) is 5.08. The first-order chi connectivity index (χ1) is 15.2. The third-order valence-electron chi connectivity index (χ3n) is 5.08. The molecule has 32 heavy (non-hydrogen) atoms. The van der Waals surface area contributed by atoms with E-state index in [1.807, 2.05) is 0 Å². The van der Waals surface area contributed by atoms with Crippen molar-refractivity contribution < 1.29 is 39.0 Å². The fourth-order valence-corrected chi connectivity index (χ4v) is 3.40. The van der Waals surface area contributed by atoms with E-state index in [-0.39, 0.29) is 50.2 Å². The average Bonchev–Trinajstić information content (AvgIpc) is 3.17. The second-order valence-electron chi connectivity index (χ2n) is 7.40. The summed E-state index contributed by atoms with van der Waals surface area (Å²) in [5.74, 6) is -4.90. The Kier molecular flexibility index (Phi) is 6.62. The van der Waals surface area contributed by atoms with Crippen LogP contribution in [0.5, 0.6) is 0 Å². The molecular formula is C22H20N2O8. The molecule has 0 bridgehead atoms. The SMILES string of the molecule is O=C(O)CCN1C/C(=C\c2ccc(/C=C3\CN(CCC(=O)O)C(=O)C3=O)cc2)C(=O)C1=O. The van der Waals surface area contributed by atoms with Crippen LogP contribution in [0.3, 0.4) is 0 Å². The number of hydrogen-bond acceptors (Lipinski definition) is 6. The molecule has 10 heteroatoms. The maximum atomic E-state index is 12.1. The molecule has 0 aromatic heterocycles. The lowest BCUT2D eigenvalue weighted by molar-refractivity contribution is -0.141. The summed E-state index contributed by atoms with van der Waals surface area (Å²) in [6, 6.07) is 6.72. The normalized spacial score (nSPS) is 19.0. The molecule has 0 aliphatic carbocycles. The van der Waals surface area contributed by atoms with E-state index in [2.05, 4.69) is 0 Å². The number of likely N-dealkylation sites (tertiary alicyclic amines) is 2. The van der Waals surface area contributed by atoms with E-state index in [4.69, 9.17) is 10.2 Å². The molecule has 2 aliphatic rings. The topological polar surface area (TPSA) is 149 Å². The maximum Gasteiger partial charge on any atom is 0.305 e. The van der Waals surface area contributed by atoms with Gasteiger partial charge in [-0.1, -0.05) is 24.3 Å². The lowest BCUT2D eigenvalue weighted by Gasteiger charge is -2.11. The van der Waals surface area contributed by atoms with Crippen LogP contribution in [0.2, 0.25) is 0 Å². The molecule has 166 valence electrons. The lowest BCUT2D eigenvalue weighted by atomic mass is 10.0. The first-order valence-electron chi connectivity index (χ1n) is 9.77. The number of carbonyl (C=O) groups is 6. The van der Waals surface area contributed by atoms with Gasteiger partial charge in [-0.25, -0.2) is 0 Å². The molecule has 2 saturated heterocycles. The standard InChI is InChI=1S/C22H20N2O8/c25-17(26)5-7-23-11-15(19(29)21(23)31)9-13-1-2-14(4-3-13)10-16-12-24(8-6-18(27)28)22(32)20(16)30/h1-4,9-10H,5-8,11-12H2,(H,25,26)(H,27,28)/b15-9+,16-10+. The minimum Gasteiger partial charge on any atom is -0.481 e. The summed E-state index contributed by atoms with van der Waals surface area (Å²) in [5, 5.41) is 17.5. The van der Waals surface area contributed by atoms with Crippen LogP contribution in [0.25, 0.3) is 12.2 Å². The van der Waals surface area contributed by atoms with E-state index in [1.54, 1.807) is 36.4 Å². The van der Waals surface area contributed by atoms with E-state index in [9.17, 15) is 28.8 Å². The van der Waals surface area contributed by atoms with Gasteiger partial charge in [-0.15, -0.1) is 0 Å². The Balaban J connectivity index is 1.69. The molecule has 2 fully saturated rings. The van der Waals surface area contributed by atoms with Gasteiger partial charge in [0.25, 0.3) is 11.8 Å². The second kappa shape index (κ2) is 9.38. The number of rotatable bonds is 8. The molecule has 2 heterocycles. The first-order valence-corrected chi connectivity index (χ1v) is 9.77. The number of carboxylic acid groups (broad SMARTS) is 2. The Labute approximate surface area is 182 Å². The highest BCUT2D eigenvalue weighted by Gasteiger charge is 2.35. The minimum atomic E-state index is -1.06. The van der Waals surface area contributed by atoms with E-state index >= 15 is 0 Å². The van der Waals surface area contributed by atoms with Gasteiger partial charge in [-0.2, -0.15) is 0 Å². The lowest BCUT2D eigenvalue weighted by Crippen LogP contribution is -2.29. The van der Waals surface area contributed by atoms with Gasteiger partial charge in [0.2, 0.25) is 11.6 Å². The second-order valence-corrected chi connectivity index (χ2v) is 7.40. The summed E-state index contributed by atoms with van der Waals surface area (Å²) in [7, 11) is 0. The smallest absolute Gasteiger partial charge is 0.305 e. The maximum absolute atomic E-state index is 12.1. The number of amides is 2. The van der Waals surface area contributed by atoms with Crippen molar-refractivity contribution in [2.75, 3.05) is 26.2 Å². The Morgan fingerprint density at radius 3 is 1.38 bits per heavy atom. The van der Waals surface area contributed by atoms with Gasteiger partial charge in [0.15, 0.2) is 0 Å². The zero-order chi connectivity index (χ0) is 23.4. The van der Waals surface area contributed by atoms with Crippen molar-refractivity contribution >= 4 is 47.5 Å². The largest absolute Gasteiger partial charge is 0.481 e. The third kappa shape index (κ3) is 5.15. The fraction of sp³-hybridized carbons (Fsp3) is 0.273. The van der Waals surface area contributed by atoms with Gasteiger partial charge in [0.05, 0.1) is 25.9 Å². The van der Waals surface area contributed by atoms with Crippen LogP contribution in [0, 0.1) is 0 Å². The highest BCUT2D eigenvalue weighted by molar-refractivity contribution is 6.46. The number of ketones is 2. The average molecular weight is 440 g/mol. The zero-order valence-corrected chi connectivity index (χ0v) is 16.9. The van der Waals surface area contributed by atoms with E-state index in [1.165, 1.54) is 9.80 Å². The molecule has 1 aromatic carbocycles. The van der Waals surface area contributed by atoms with Gasteiger partial charge in [0.1, 0.15) is 0 Å². The molecule has 2 N–H and O–H groups in total. The summed E-state index contributed by atoms with van der Waals surface area (Å²) >= 11 is 0.